The maximum atomic E-state index is 10.2. The molecule has 1 rings (SSSR count). The van der Waals surface area contributed by atoms with E-state index in [1.165, 1.54) is 17.8 Å². The van der Waals surface area contributed by atoms with Crippen LogP contribution >= 0.6 is 11.8 Å². The predicted octanol–water partition coefficient (Wildman–Crippen LogP) is 0.124. The van der Waals surface area contributed by atoms with Gasteiger partial charge in [-0.1, -0.05) is 0 Å². The third kappa shape index (κ3) is 1.23. The number of amides is 1. The zero-order valence-corrected chi connectivity index (χ0v) is 4.42. The Morgan fingerprint density at radius 3 is 3.14 bits per heavy atom. The van der Waals surface area contributed by atoms with Crippen molar-refractivity contribution < 1.29 is 4.79 Å². The molecule has 2 nitrogen and oxygen atoms in total. The number of thioether (sulfide) groups is 1. The molecule has 1 radical (unpaired) electrons. The molecule has 0 aromatic heterocycles. The summed E-state index contributed by atoms with van der Waals surface area (Å²) in [6, 6.07) is 0. The van der Waals surface area contributed by atoms with Crippen LogP contribution in [0.15, 0.2) is 6.08 Å². The minimum atomic E-state index is -0.0428. The van der Waals surface area contributed by atoms with Crippen LogP contribution in [0.1, 0.15) is 0 Å². The maximum Gasteiger partial charge on any atom is 0.245 e. The van der Waals surface area contributed by atoms with E-state index in [2.05, 4.69) is 10.7 Å². The van der Waals surface area contributed by atoms with Gasteiger partial charge in [0.1, 0.15) is 0 Å². The van der Waals surface area contributed by atoms with Crippen molar-refractivity contribution in [2.75, 3.05) is 5.88 Å². The number of rotatable bonds is 0. The molecule has 1 aliphatic rings. The third-order valence-electron chi connectivity index (χ3n) is 0.592. The van der Waals surface area contributed by atoms with E-state index in [1.807, 2.05) is 0 Å². The largest absolute Gasteiger partial charge is 0.343 e. The zero-order chi connectivity index (χ0) is 5.11. The molecule has 0 atom stereocenters. The Kier molecular flexibility index (Phi) is 1.36. The van der Waals surface area contributed by atoms with Crippen LogP contribution in [0.3, 0.4) is 0 Å². The molecule has 0 bridgehead atoms. The molecule has 0 spiro atoms. The van der Waals surface area contributed by atoms with Crippen LogP contribution in [-0.2, 0) is 4.79 Å². The molecule has 7 heavy (non-hydrogen) atoms. The van der Waals surface area contributed by atoms with Crippen LogP contribution in [0.25, 0.3) is 0 Å². The van der Waals surface area contributed by atoms with E-state index in [0.717, 1.165) is 0 Å². The van der Waals surface area contributed by atoms with E-state index in [-0.39, 0.29) is 5.91 Å². The van der Waals surface area contributed by atoms with E-state index in [1.54, 1.807) is 0 Å². The SMILES string of the molecule is O=C1C=[C]SCN1. The number of carbonyl (C=O) groups excluding carboxylic acids is 1. The van der Waals surface area contributed by atoms with Gasteiger partial charge >= 0.3 is 0 Å². The van der Waals surface area contributed by atoms with Gasteiger partial charge in [-0.25, -0.2) is 0 Å². The van der Waals surface area contributed by atoms with Crippen LogP contribution in [0.5, 0.6) is 0 Å². The van der Waals surface area contributed by atoms with Gasteiger partial charge in [0.2, 0.25) is 5.91 Å². The average molecular weight is 114 g/mol. The maximum absolute atomic E-state index is 10.2. The summed E-state index contributed by atoms with van der Waals surface area (Å²) in [5, 5.41) is 5.30. The van der Waals surface area contributed by atoms with Crippen molar-refractivity contribution in [2.45, 2.75) is 0 Å². The van der Waals surface area contributed by atoms with E-state index >= 15 is 0 Å². The Bertz CT molecular complexity index is 110. The van der Waals surface area contributed by atoms with Gasteiger partial charge in [0, 0.05) is 11.5 Å². The average Bonchev–Trinajstić information content (AvgIpc) is 1.69. The summed E-state index contributed by atoms with van der Waals surface area (Å²) in [6.07, 6.45) is 1.40. The van der Waals surface area contributed by atoms with Crippen molar-refractivity contribution >= 4 is 17.7 Å². The minimum Gasteiger partial charge on any atom is -0.343 e. The topological polar surface area (TPSA) is 29.1 Å². The number of hydrogen-bond acceptors (Lipinski definition) is 2. The molecule has 0 saturated carbocycles. The normalized spacial score (nSPS) is 19.1. The standard InChI is InChI=1S/C4H4NOS/c6-4-1-2-7-3-5-4/h1H,3H2,(H,5,6). The molecule has 3 heteroatoms. The second kappa shape index (κ2) is 2.02. The van der Waals surface area contributed by atoms with Gasteiger partial charge in [0.05, 0.1) is 5.88 Å². The lowest BCUT2D eigenvalue weighted by atomic mass is 10.6. The quantitative estimate of drug-likeness (QED) is 0.484. The molecule has 1 amide bonds. The van der Waals surface area contributed by atoms with Gasteiger partial charge < -0.3 is 5.32 Å². The fourth-order valence-corrected chi connectivity index (χ4v) is 0.783. The molecular formula is C4H4NOS. The highest BCUT2D eigenvalue weighted by Crippen LogP contribution is 2.00. The molecular weight excluding hydrogens is 110 g/mol. The Morgan fingerprint density at radius 1 is 2.00 bits per heavy atom. The lowest BCUT2D eigenvalue weighted by Gasteiger charge is -2.00. The van der Waals surface area contributed by atoms with Crippen molar-refractivity contribution in [3.8, 4) is 0 Å². The molecule has 0 aromatic carbocycles. The van der Waals surface area contributed by atoms with Crippen LogP contribution in [0.2, 0.25) is 0 Å². The Morgan fingerprint density at radius 2 is 2.86 bits per heavy atom. The van der Waals surface area contributed by atoms with Crippen molar-refractivity contribution in [3.63, 3.8) is 0 Å². The van der Waals surface area contributed by atoms with Gasteiger partial charge in [0.15, 0.2) is 0 Å². The Balaban J connectivity index is 2.51. The molecule has 1 aliphatic heterocycles. The molecule has 0 aliphatic carbocycles. The van der Waals surface area contributed by atoms with Crippen LogP contribution < -0.4 is 5.32 Å². The van der Waals surface area contributed by atoms with Crippen molar-refractivity contribution in [1.82, 2.24) is 5.32 Å². The van der Waals surface area contributed by atoms with Crippen molar-refractivity contribution in [3.05, 3.63) is 11.5 Å². The smallest absolute Gasteiger partial charge is 0.245 e. The van der Waals surface area contributed by atoms with Crippen LogP contribution in [0, 0.1) is 5.41 Å². The monoisotopic (exact) mass is 114 g/mol. The number of nitrogens with one attached hydrogen (secondary N) is 1. The first-order chi connectivity index (χ1) is 3.39. The fourth-order valence-electron chi connectivity index (χ4n) is 0.295. The van der Waals surface area contributed by atoms with Crippen molar-refractivity contribution in [1.29, 1.82) is 0 Å². The molecule has 0 unspecified atom stereocenters. The van der Waals surface area contributed by atoms with Gasteiger partial charge in [0.25, 0.3) is 0 Å². The fraction of sp³-hybridized carbons (Fsp3) is 0.250. The van der Waals surface area contributed by atoms with E-state index in [0.29, 0.717) is 5.88 Å². The second-order valence-electron chi connectivity index (χ2n) is 1.09. The highest BCUT2D eigenvalue weighted by Gasteiger charge is 1.97. The van der Waals surface area contributed by atoms with E-state index in [9.17, 15) is 4.79 Å². The summed E-state index contributed by atoms with van der Waals surface area (Å²) in [6.45, 7) is 0. The zero-order valence-electron chi connectivity index (χ0n) is 3.60. The van der Waals surface area contributed by atoms with Gasteiger partial charge in [-0.15, -0.1) is 11.8 Å². The summed E-state index contributed by atoms with van der Waals surface area (Å²) in [5.41, 5.74) is 0. The summed E-state index contributed by atoms with van der Waals surface area (Å²) in [4.78, 5) is 10.2. The predicted molar refractivity (Wildman–Crippen MR) is 28.4 cm³/mol. The van der Waals surface area contributed by atoms with Gasteiger partial charge in [-0.3, -0.25) is 4.79 Å². The second-order valence-corrected chi connectivity index (χ2v) is 1.90. The van der Waals surface area contributed by atoms with Crippen molar-refractivity contribution in [2.24, 2.45) is 0 Å². The van der Waals surface area contributed by atoms with Crippen LogP contribution in [0.4, 0.5) is 0 Å². The first-order valence-electron chi connectivity index (χ1n) is 1.88. The number of hydrogen-bond donors (Lipinski definition) is 1. The third-order valence-corrected chi connectivity index (χ3v) is 1.17. The summed E-state index contributed by atoms with van der Waals surface area (Å²) < 4.78 is 0. The van der Waals surface area contributed by atoms with Gasteiger partial charge in [-0.05, 0) is 0 Å². The Labute approximate surface area is 46.0 Å². The van der Waals surface area contributed by atoms with Crippen LogP contribution in [-0.4, -0.2) is 11.8 Å². The summed E-state index contributed by atoms with van der Waals surface area (Å²) in [7, 11) is 0. The summed E-state index contributed by atoms with van der Waals surface area (Å²) >= 11 is 1.46. The number of carbonyl (C=O) groups is 1. The van der Waals surface area contributed by atoms with E-state index in [4.69, 9.17) is 0 Å². The lowest BCUT2D eigenvalue weighted by molar-refractivity contribution is -0.116. The molecule has 0 aromatic rings. The molecule has 1 heterocycles. The molecule has 1 N–H and O–H groups in total. The highest BCUT2D eigenvalue weighted by molar-refractivity contribution is 8.01. The molecule has 37 valence electrons. The minimum absolute atomic E-state index is 0.0428. The first kappa shape index (κ1) is 4.71. The Hall–Kier alpha value is -0.440. The molecule has 0 fully saturated rings. The lowest BCUT2D eigenvalue weighted by Crippen LogP contribution is -2.22. The molecule has 0 saturated heterocycles. The highest BCUT2D eigenvalue weighted by atomic mass is 32.2. The van der Waals surface area contributed by atoms with E-state index < -0.39 is 0 Å². The first-order valence-corrected chi connectivity index (χ1v) is 2.86. The van der Waals surface area contributed by atoms with Gasteiger partial charge in [-0.2, -0.15) is 0 Å². The summed E-state index contributed by atoms with van der Waals surface area (Å²) in [5.74, 6) is 0.619.